The van der Waals surface area contributed by atoms with Crippen LogP contribution in [0.25, 0.3) is 10.1 Å². The van der Waals surface area contributed by atoms with Gasteiger partial charge in [-0.1, -0.05) is 23.7 Å². The fourth-order valence-electron chi connectivity index (χ4n) is 2.04. The van der Waals surface area contributed by atoms with E-state index in [9.17, 15) is 4.79 Å². The van der Waals surface area contributed by atoms with Crippen molar-refractivity contribution in [3.63, 3.8) is 0 Å². The summed E-state index contributed by atoms with van der Waals surface area (Å²) in [6, 6.07) is 7.97. The largest absolute Gasteiger partial charge is 0.283 e. The van der Waals surface area contributed by atoms with Gasteiger partial charge in [-0.3, -0.25) is 4.79 Å². The highest BCUT2D eigenvalue weighted by atomic mass is 35.5. The van der Waals surface area contributed by atoms with Gasteiger partial charge in [0.15, 0.2) is 0 Å². The van der Waals surface area contributed by atoms with Gasteiger partial charge in [0, 0.05) is 15.0 Å². The van der Waals surface area contributed by atoms with Gasteiger partial charge in [-0.2, -0.15) is 5.10 Å². The normalized spacial score (nSPS) is 11.4. The fourth-order valence-corrected chi connectivity index (χ4v) is 4.33. The molecule has 3 aromatic rings. The van der Waals surface area contributed by atoms with Crippen LogP contribution in [0.15, 0.2) is 34.7 Å². The van der Waals surface area contributed by atoms with Crippen LogP contribution in [0, 0.1) is 13.8 Å². The molecule has 2 aromatic heterocycles. The molecular weight excluding hydrogens is 336 g/mol. The third-order valence-electron chi connectivity index (χ3n) is 3.24. The Morgan fingerprint density at radius 3 is 2.86 bits per heavy atom. The van der Waals surface area contributed by atoms with Crippen molar-refractivity contribution in [2.24, 2.45) is 5.10 Å². The van der Waals surface area contributed by atoms with E-state index in [1.165, 1.54) is 11.3 Å². The Labute approximate surface area is 141 Å². The molecule has 3 nitrogen and oxygen atoms in total. The van der Waals surface area contributed by atoms with E-state index in [1.807, 2.05) is 43.5 Å². The maximum absolute atomic E-state index is 12.2. The molecule has 2 heterocycles. The van der Waals surface area contributed by atoms with Crippen LogP contribution in [0.2, 0.25) is 5.02 Å². The van der Waals surface area contributed by atoms with Crippen LogP contribution >= 0.6 is 34.3 Å². The van der Waals surface area contributed by atoms with Crippen molar-refractivity contribution in [2.75, 3.05) is 0 Å². The van der Waals surface area contributed by atoms with E-state index in [-0.39, 0.29) is 5.91 Å². The van der Waals surface area contributed by atoms with E-state index in [0.29, 0.717) is 9.90 Å². The lowest BCUT2D eigenvalue weighted by Gasteiger charge is -1.97. The zero-order valence-electron chi connectivity index (χ0n) is 12.0. The molecular formula is C16H13ClN2OS2. The molecule has 22 heavy (non-hydrogen) atoms. The summed E-state index contributed by atoms with van der Waals surface area (Å²) >= 11 is 9.27. The molecule has 1 N–H and O–H groups in total. The molecule has 0 saturated carbocycles. The number of amides is 1. The first-order valence-corrected chi connectivity index (χ1v) is 8.70. The van der Waals surface area contributed by atoms with E-state index in [4.69, 9.17) is 11.6 Å². The Balaban J connectivity index is 1.82. The molecule has 0 aliphatic carbocycles. The van der Waals surface area contributed by atoms with Crippen LogP contribution in [0.4, 0.5) is 0 Å². The summed E-state index contributed by atoms with van der Waals surface area (Å²) in [6.45, 7) is 4.02. The van der Waals surface area contributed by atoms with Gasteiger partial charge in [0.05, 0.1) is 11.2 Å². The monoisotopic (exact) mass is 348 g/mol. The number of hydrogen-bond acceptors (Lipinski definition) is 4. The van der Waals surface area contributed by atoms with Crippen LogP contribution < -0.4 is 5.43 Å². The lowest BCUT2D eigenvalue weighted by atomic mass is 10.2. The molecule has 0 aliphatic rings. The minimum Gasteiger partial charge on any atom is -0.266 e. The van der Waals surface area contributed by atoms with Crippen molar-refractivity contribution in [1.29, 1.82) is 0 Å². The zero-order valence-corrected chi connectivity index (χ0v) is 14.4. The Morgan fingerprint density at radius 2 is 2.14 bits per heavy atom. The van der Waals surface area contributed by atoms with Crippen molar-refractivity contribution in [1.82, 2.24) is 5.43 Å². The summed E-state index contributed by atoms with van der Waals surface area (Å²) in [7, 11) is 0. The molecule has 112 valence electrons. The van der Waals surface area contributed by atoms with Gasteiger partial charge in [-0.05, 0) is 42.5 Å². The third kappa shape index (κ3) is 2.92. The predicted octanol–water partition coefficient (Wildman–Crippen LogP) is 5.00. The standard InChI is InChI=1S/C16H13ClN2OS2/c1-9-3-4-11-12(7-9)22-15(14(11)17)16(20)19-18-8-13-10(2)5-6-21-13/h3-8H,1-2H3,(H,19,20)/b18-8+. The second-order valence-electron chi connectivity index (χ2n) is 4.91. The minimum absolute atomic E-state index is 0.283. The fraction of sp³-hybridized carbons (Fsp3) is 0.125. The van der Waals surface area contributed by atoms with Crippen LogP contribution in [-0.2, 0) is 0 Å². The van der Waals surface area contributed by atoms with Crippen LogP contribution in [0.3, 0.4) is 0 Å². The topological polar surface area (TPSA) is 41.5 Å². The Kier molecular flexibility index (Phi) is 4.29. The van der Waals surface area contributed by atoms with E-state index < -0.39 is 0 Å². The third-order valence-corrected chi connectivity index (χ3v) is 5.85. The zero-order chi connectivity index (χ0) is 15.7. The second kappa shape index (κ2) is 6.20. The summed E-state index contributed by atoms with van der Waals surface area (Å²) in [5.74, 6) is -0.283. The smallest absolute Gasteiger partial charge is 0.266 e. The molecule has 3 rings (SSSR count). The molecule has 1 amide bonds. The molecule has 0 saturated heterocycles. The van der Waals surface area contributed by atoms with Crippen molar-refractivity contribution < 1.29 is 4.79 Å². The highest BCUT2D eigenvalue weighted by Gasteiger charge is 2.16. The summed E-state index contributed by atoms with van der Waals surface area (Å²) in [4.78, 5) is 13.8. The maximum Gasteiger partial charge on any atom is 0.283 e. The molecule has 6 heteroatoms. The molecule has 0 fully saturated rings. The van der Waals surface area contributed by atoms with Gasteiger partial charge in [0.1, 0.15) is 4.88 Å². The number of benzene rings is 1. The van der Waals surface area contributed by atoms with Crippen LogP contribution in [-0.4, -0.2) is 12.1 Å². The minimum atomic E-state index is -0.283. The first kappa shape index (κ1) is 15.2. The highest BCUT2D eigenvalue weighted by molar-refractivity contribution is 7.21. The van der Waals surface area contributed by atoms with E-state index in [2.05, 4.69) is 10.5 Å². The molecule has 0 unspecified atom stereocenters. The van der Waals surface area contributed by atoms with Gasteiger partial charge < -0.3 is 0 Å². The number of rotatable bonds is 3. The summed E-state index contributed by atoms with van der Waals surface area (Å²) in [6.07, 6.45) is 1.66. The maximum atomic E-state index is 12.2. The summed E-state index contributed by atoms with van der Waals surface area (Å²) < 4.78 is 1.01. The van der Waals surface area contributed by atoms with Gasteiger partial charge in [-0.25, -0.2) is 5.43 Å². The highest BCUT2D eigenvalue weighted by Crippen LogP contribution is 2.35. The molecule has 0 bridgehead atoms. The molecule has 0 radical (unpaired) electrons. The number of halogens is 1. The molecule has 0 aliphatic heterocycles. The Hall–Kier alpha value is -1.69. The number of aryl methyl sites for hydroxylation is 2. The van der Waals surface area contributed by atoms with E-state index >= 15 is 0 Å². The van der Waals surface area contributed by atoms with Gasteiger partial charge in [0.25, 0.3) is 5.91 Å². The number of thiophene rings is 2. The van der Waals surface area contributed by atoms with Crippen molar-refractivity contribution in [2.45, 2.75) is 13.8 Å². The van der Waals surface area contributed by atoms with Gasteiger partial charge in [-0.15, -0.1) is 22.7 Å². The number of nitrogens with zero attached hydrogens (tertiary/aromatic N) is 1. The first-order valence-electron chi connectivity index (χ1n) is 6.62. The van der Waals surface area contributed by atoms with Crippen molar-refractivity contribution in [3.8, 4) is 0 Å². The van der Waals surface area contributed by atoms with Crippen LogP contribution in [0.1, 0.15) is 25.7 Å². The molecule has 0 spiro atoms. The van der Waals surface area contributed by atoms with Gasteiger partial charge >= 0.3 is 0 Å². The first-order chi connectivity index (χ1) is 10.6. The lowest BCUT2D eigenvalue weighted by Crippen LogP contribution is -2.16. The molecule has 0 atom stereocenters. The predicted molar refractivity (Wildman–Crippen MR) is 95.7 cm³/mol. The number of carbonyl (C=O) groups is 1. The molecule has 1 aromatic carbocycles. The lowest BCUT2D eigenvalue weighted by molar-refractivity contribution is 0.0959. The number of nitrogens with one attached hydrogen (secondary N) is 1. The van der Waals surface area contributed by atoms with E-state index in [0.717, 1.165) is 26.1 Å². The van der Waals surface area contributed by atoms with Gasteiger partial charge in [0.2, 0.25) is 0 Å². The van der Waals surface area contributed by atoms with E-state index in [1.54, 1.807) is 17.6 Å². The average Bonchev–Trinajstić information content (AvgIpc) is 3.03. The summed E-state index contributed by atoms with van der Waals surface area (Å²) in [5, 5.41) is 7.39. The van der Waals surface area contributed by atoms with Crippen LogP contribution in [0.5, 0.6) is 0 Å². The Morgan fingerprint density at radius 1 is 1.32 bits per heavy atom. The number of hydrogen-bond donors (Lipinski definition) is 1. The second-order valence-corrected chi connectivity index (χ2v) is 7.29. The number of carbonyl (C=O) groups excluding carboxylic acids is 1. The number of fused-ring (bicyclic) bond motifs is 1. The summed E-state index contributed by atoms with van der Waals surface area (Å²) in [5.41, 5.74) is 4.82. The average molecular weight is 349 g/mol. The van der Waals surface area contributed by atoms with Crippen molar-refractivity contribution >= 4 is 56.5 Å². The quantitative estimate of drug-likeness (QED) is 0.525. The SMILES string of the molecule is Cc1ccc2c(Cl)c(C(=O)N/N=C/c3sccc3C)sc2c1. The Bertz CT molecular complexity index is 880. The number of hydrazone groups is 1. The van der Waals surface area contributed by atoms with Crippen molar-refractivity contribution in [3.05, 3.63) is 55.5 Å².